The molecular weight excluding hydrogens is 449 g/mol. The summed E-state index contributed by atoms with van der Waals surface area (Å²) in [6.07, 6.45) is 6.26. The fourth-order valence-electron chi connectivity index (χ4n) is 5.79. The van der Waals surface area contributed by atoms with Crippen molar-refractivity contribution in [2.24, 2.45) is 5.92 Å². The predicted molar refractivity (Wildman–Crippen MR) is 146 cm³/mol. The molecule has 2 aliphatic heterocycles. The lowest BCUT2D eigenvalue weighted by Gasteiger charge is -2.33. The van der Waals surface area contributed by atoms with E-state index < -0.39 is 0 Å². The highest BCUT2D eigenvalue weighted by Gasteiger charge is 2.21. The van der Waals surface area contributed by atoms with Gasteiger partial charge >= 0.3 is 0 Å². The summed E-state index contributed by atoms with van der Waals surface area (Å²) in [7, 11) is 0. The summed E-state index contributed by atoms with van der Waals surface area (Å²) in [6, 6.07) is 13.2. The van der Waals surface area contributed by atoms with Crippen molar-refractivity contribution in [1.29, 1.82) is 0 Å². The summed E-state index contributed by atoms with van der Waals surface area (Å²) >= 11 is 0. The first-order chi connectivity index (χ1) is 17.5. The van der Waals surface area contributed by atoms with Crippen molar-refractivity contribution < 1.29 is 9.18 Å². The Kier molecular flexibility index (Phi) is 10.1. The number of carbonyl (C=O) groups is 1. The van der Waals surface area contributed by atoms with E-state index in [2.05, 4.69) is 40.7 Å². The average molecular weight is 494 g/mol. The summed E-state index contributed by atoms with van der Waals surface area (Å²) in [5.41, 5.74) is 4.65. The summed E-state index contributed by atoms with van der Waals surface area (Å²) in [5.74, 6) is 0.769. The molecule has 1 saturated heterocycles. The van der Waals surface area contributed by atoms with Crippen LogP contribution in [-0.2, 0) is 19.5 Å². The van der Waals surface area contributed by atoms with Crippen molar-refractivity contribution in [2.75, 3.05) is 45.8 Å². The second kappa shape index (κ2) is 13.5. The Morgan fingerprint density at radius 2 is 1.72 bits per heavy atom. The van der Waals surface area contributed by atoms with Gasteiger partial charge in [-0.2, -0.15) is 0 Å². The van der Waals surface area contributed by atoms with Gasteiger partial charge in [0, 0.05) is 38.2 Å². The van der Waals surface area contributed by atoms with Gasteiger partial charge < -0.3 is 9.80 Å². The van der Waals surface area contributed by atoms with Crippen LogP contribution in [0.4, 0.5) is 4.39 Å². The minimum atomic E-state index is -0.191. The first-order valence-electron chi connectivity index (χ1n) is 14.1. The van der Waals surface area contributed by atoms with Gasteiger partial charge in [-0.1, -0.05) is 38.1 Å². The number of fused-ring (bicyclic) bond motifs is 1. The van der Waals surface area contributed by atoms with E-state index in [9.17, 15) is 9.18 Å². The Balaban J connectivity index is 1.26. The van der Waals surface area contributed by atoms with E-state index in [0.29, 0.717) is 12.3 Å². The van der Waals surface area contributed by atoms with Gasteiger partial charge in [0.1, 0.15) is 5.82 Å². The number of hydrogen-bond donors (Lipinski definition) is 0. The number of benzene rings is 2. The lowest BCUT2D eigenvalue weighted by atomic mass is 9.89. The van der Waals surface area contributed by atoms with Crippen LogP contribution in [0.5, 0.6) is 0 Å². The summed E-state index contributed by atoms with van der Waals surface area (Å²) in [5, 5.41) is 0. The summed E-state index contributed by atoms with van der Waals surface area (Å²) < 4.78 is 13.3. The zero-order valence-corrected chi connectivity index (χ0v) is 22.4. The molecule has 2 heterocycles. The number of ketones is 1. The Hall–Kier alpha value is -2.08. The Labute approximate surface area is 217 Å². The van der Waals surface area contributed by atoms with Crippen LogP contribution in [0.3, 0.4) is 0 Å². The molecular formula is C31H44FN3O. The van der Waals surface area contributed by atoms with Gasteiger partial charge in [0.15, 0.2) is 5.78 Å². The van der Waals surface area contributed by atoms with Gasteiger partial charge in [-0.15, -0.1) is 0 Å². The molecule has 4 nitrogen and oxygen atoms in total. The summed E-state index contributed by atoms with van der Waals surface area (Å²) in [6.45, 7) is 14.1. The van der Waals surface area contributed by atoms with Crippen LogP contribution in [0.2, 0.25) is 0 Å². The van der Waals surface area contributed by atoms with Gasteiger partial charge in [-0.25, -0.2) is 4.39 Å². The monoisotopic (exact) mass is 493 g/mol. The number of hydrogen-bond acceptors (Lipinski definition) is 4. The van der Waals surface area contributed by atoms with E-state index in [-0.39, 0.29) is 11.6 Å². The smallest absolute Gasteiger partial charge is 0.162 e. The second-order valence-corrected chi connectivity index (χ2v) is 10.7. The highest BCUT2D eigenvalue weighted by molar-refractivity contribution is 5.96. The first-order valence-corrected chi connectivity index (χ1v) is 14.1. The SMILES string of the molecule is CCN(CC)CCN1CCC(CCC(=O)c2ccc3c(c2)CN(Cc2ccc(F)cc2)CCC3)CC1. The molecule has 0 bridgehead atoms. The summed E-state index contributed by atoms with van der Waals surface area (Å²) in [4.78, 5) is 20.6. The number of rotatable bonds is 11. The average Bonchev–Trinajstić information content (AvgIpc) is 3.11. The zero-order valence-electron chi connectivity index (χ0n) is 22.4. The molecule has 36 heavy (non-hydrogen) atoms. The Morgan fingerprint density at radius 1 is 0.972 bits per heavy atom. The number of halogens is 1. The lowest BCUT2D eigenvalue weighted by Crippen LogP contribution is -2.39. The molecule has 2 aromatic rings. The van der Waals surface area contributed by atoms with E-state index in [4.69, 9.17) is 0 Å². The van der Waals surface area contributed by atoms with Gasteiger partial charge in [0.25, 0.3) is 0 Å². The first kappa shape index (κ1) is 27.0. The van der Waals surface area contributed by atoms with Gasteiger partial charge in [-0.05, 0) is 106 Å². The van der Waals surface area contributed by atoms with Gasteiger partial charge in [-0.3, -0.25) is 9.69 Å². The number of nitrogens with zero attached hydrogens (tertiary/aromatic N) is 3. The van der Waals surface area contributed by atoms with Gasteiger partial charge in [0.05, 0.1) is 0 Å². The third-order valence-corrected chi connectivity index (χ3v) is 8.28. The molecule has 0 aliphatic carbocycles. The molecule has 0 saturated carbocycles. The molecule has 2 aliphatic rings. The molecule has 0 amide bonds. The molecule has 0 unspecified atom stereocenters. The van der Waals surface area contributed by atoms with Crippen LogP contribution in [0, 0.1) is 11.7 Å². The van der Waals surface area contributed by atoms with Crippen molar-refractivity contribution in [3.8, 4) is 0 Å². The number of likely N-dealkylation sites (N-methyl/N-ethyl adjacent to an activating group) is 1. The molecule has 4 rings (SSSR count). The van der Waals surface area contributed by atoms with Gasteiger partial charge in [0.2, 0.25) is 0 Å². The van der Waals surface area contributed by atoms with Crippen LogP contribution in [0.1, 0.15) is 73.0 Å². The van der Waals surface area contributed by atoms with Crippen LogP contribution >= 0.6 is 0 Å². The molecule has 2 aromatic carbocycles. The number of Topliss-reactive ketones (excluding diaryl/α,β-unsaturated/α-hetero) is 1. The third kappa shape index (κ3) is 7.71. The largest absolute Gasteiger partial charge is 0.303 e. The Bertz CT molecular complexity index is 964. The zero-order chi connectivity index (χ0) is 25.3. The minimum Gasteiger partial charge on any atom is -0.303 e. The molecule has 5 heteroatoms. The quantitative estimate of drug-likeness (QED) is 0.370. The molecule has 0 spiro atoms. The van der Waals surface area contributed by atoms with E-state index in [1.165, 1.54) is 55.7 Å². The highest BCUT2D eigenvalue weighted by Crippen LogP contribution is 2.25. The number of likely N-dealkylation sites (tertiary alicyclic amines) is 1. The van der Waals surface area contributed by atoms with E-state index in [0.717, 1.165) is 69.7 Å². The maximum absolute atomic E-state index is 13.3. The van der Waals surface area contributed by atoms with E-state index in [1.807, 2.05) is 18.2 Å². The number of aryl methyl sites for hydroxylation is 1. The van der Waals surface area contributed by atoms with Crippen molar-refractivity contribution in [1.82, 2.24) is 14.7 Å². The normalized spacial score (nSPS) is 17.8. The van der Waals surface area contributed by atoms with Crippen molar-refractivity contribution >= 4 is 5.78 Å². The van der Waals surface area contributed by atoms with Crippen LogP contribution < -0.4 is 0 Å². The predicted octanol–water partition coefficient (Wildman–Crippen LogP) is 5.79. The molecule has 0 radical (unpaired) electrons. The Morgan fingerprint density at radius 3 is 2.44 bits per heavy atom. The van der Waals surface area contributed by atoms with Crippen LogP contribution in [-0.4, -0.2) is 66.3 Å². The number of piperidine rings is 1. The second-order valence-electron chi connectivity index (χ2n) is 10.7. The maximum Gasteiger partial charge on any atom is 0.162 e. The standard InChI is InChI=1S/C31H44FN3O/c1-3-33(4-2)20-21-34-18-15-25(16-19-34)9-14-31(36)28-11-10-27-6-5-17-35(24-29(27)22-28)23-26-7-12-30(32)13-8-26/h7-8,10-13,22,25H,3-6,9,14-21,23-24H2,1-2H3. The fourth-order valence-corrected chi connectivity index (χ4v) is 5.79. The minimum absolute atomic E-state index is 0.191. The fraction of sp³-hybridized carbons (Fsp3) is 0.581. The maximum atomic E-state index is 13.3. The van der Waals surface area contributed by atoms with Crippen LogP contribution in [0.15, 0.2) is 42.5 Å². The van der Waals surface area contributed by atoms with Crippen LogP contribution in [0.25, 0.3) is 0 Å². The molecule has 0 N–H and O–H groups in total. The van der Waals surface area contributed by atoms with Crippen molar-refractivity contribution in [3.63, 3.8) is 0 Å². The van der Waals surface area contributed by atoms with E-state index in [1.54, 1.807) is 0 Å². The highest BCUT2D eigenvalue weighted by atomic mass is 19.1. The number of carbonyl (C=O) groups excluding carboxylic acids is 1. The topological polar surface area (TPSA) is 26.8 Å². The molecule has 1 fully saturated rings. The van der Waals surface area contributed by atoms with E-state index >= 15 is 0 Å². The van der Waals surface area contributed by atoms with Crippen molar-refractivity contribution in [2.45, 2.75) is 65.5 Å². The lowest BCUT2D eigenvalue weighted by molar-refractivity contribution is 0.0960. The third-order valence-electron chi connectivity index (χ3n) is 8.28. The molecule has 0 aromatic heterocycles. The molecule has 196 valence electrons. The molecule has 0 atom stereocenters. The van der Waals surface area contributed by atoms with Crippen molar-refractivity contribution in [3.05, 3.63) is 70.5 Å².